The predicted molar refractivity (Wildman–Crippen MR) is 75.0 cm³/mol. The van der Waals surface area contributed by atoms with Gasteiger partial charge < -0.3 is 10.4 Å². The maximum Gasteiger partial charge on any atom is 0.329 e. The number of hydrogen-bond donors (Lipinski definition) is 3. The molecule has 0 aromatic rings. The molecule has 1 saturated carbocycles. The highest BCUT2D eigenvalue weighted by Crippen LogP contribution is 2.29. The van der Waals surface area contributed by atoms with E-state index in [1.165, 1.54) is 6.42 Å². The van der Waals surface area contributed by atoms with Gasteiger partial charge in [0, 0.05) is 19.6 Å². The number of hydrazine groups is 1. The fourth-order valence-corrected chi connectivity index (χ4v) is 3.19. The molecule has 20 heavy (non-hydrogen) atoms. The second-order valence-corrected chi connectivity index (χ2v) is 5.86. The molecule has 2 atom stereocenters. The van der Waals surface area contributed by atoms with E-state index in [0.717, 1.165) is 51.6 Å². The summed E-state index contributed by atoms with van der Waals surface area (Å²) in [4.78, 5) is 23.0. The minimum atomic E-state index is -0.729. The van der Waals surface area contributed by atoms with Gasteiger partial charge in [0.25, 0.3) is 0 Å². The summed E-state index contributed by atoms with van der Waals surface area (Å²) < 4.78 is 0. The summed E-state index contributed by atoms with van der Waals surface area (Å²) in [5.74, 6) is -0.972. The molecule has 2 unspecified atom stereocenters. The molecule has 1 aliphatic carbocycles. The topological polar surface area (TPSA) is 81.7 Å². The summed E-state index contributed by atoms with van der Waals surface area (Å²) in [5.41, 5.74) is 2.84. The highest BCUT2D eigenvalue weighted by atomic mass is 16.4. The zero-order valence-electron chi connectivity index (χ0n) is 11.9. The monoisotopic (exact) mass is 283 g/mol. The number of carboxylic acids is 1. The Kier molecular flexibility index (Phi) is 5.64. The minimum absolute atomic E-state index is 0.0633. The van der Waals surface area contributed by atoms with E-state index in [-0.39, 0.29) is 17.9 Å². The van der Waals surface area contributed by atoms with Crippen LogP contribution in [0, 0.1) is 11.8 Å². The molecule has 0 radical (unpaired) electrons. The molecule has 0 bridgehead atoms. The lowest BCUT2D eigenvalue weighted by atomic mass is 9.79. The summed E-state index contributed by atoms with van der Waals surface area (Å²) >= 11 is 0. The molecule has 1 heterocycles. The molecule has 3 N–H and O–H groups in total. The molecular weight excluding hydrogens is 258 g/mol. The maximum absolute atomic E-state index is 11.8. The second-order valence-electron chi connectivity index (χ2n) is 5.86. The van der Waals surface area contributed by atoms with Gasteiger partial charge >= 0.3 is 12.0 Å². The Hall–Kier alpha value is -1.30. The Balaban J connectivity index is 1.72. The van der Waals surface area contributed by atoms with E-state index in [1.807, 2.05) is 5.01 Å². The highest BCUT2D eigenvalue weighted by Gasteiger charge is 2.30. The predicted octanol–water partition coefficient (Wildman–Crippen LogP) is 1.58. The van der Waals surface area contributed by atoms with Gasteiger partial charge in [-0.3, -0.25) is 10.2 Å². The average Bonchev–Trinajstić information content (AvgIpc) is 2.46. The van der Waals surface area contributed by atoms with Crippen LogP contribution in [0.5, 0.6) is 0 Å². The molecular formula is C14H25N3O3. The number of nitrogens with zero attached hydrogens (tertiary/aromatic N) is 1. The van der Waals surface area contributed by atoms with Gasteiger partial charge in [0.05, 0.1) is 5.92 Å². The van der Waals surface area contributed by atoms with E-state index in [0.29, 0.717) is 6.54 Å². The van der Waals surface area contributed by atoms with Gasteiger partial charge in [-0.1, -0.05) is 19.3 Å². The Morgan fingerprint density at radius 3 is 2.45 bits per heavy atom. The molecule has 0 aromatic carbocycles. The molecule has 0 aromatic heterocycles. The van der Waals surface area contributed by atoms with Crippen LogP contribution in [-0.2, 0) is 4.79 Å². The van der Waals surface area contributed by atoms with Crippen LogP contribution >= 0.6 is 0 Å². The van der Waals surface area contributed by atoms with Crippen LogP contribution in [0.15, 0.2) is 0 Å². The van der Waals surface area contributed by atoms with Gasteiger partial charge in [-0.05, 0) is 31.6 Å². The number of hydrogen-bond acceptors (Lipinski definition) is 3. The average molecular weight is 283 g/mol. The molecule has 2 amide bonds. The number of nitrogens with one attached hydrogen (secondary N) is 2. The first-order chi connectivity index (χ1) is 9.66. The molecule has 0 spiro atoms. The first-order valence-electron chi connectivity index (χ1n) is 7.69. The molecule has 1 saturated heterocycles. The van der Waals surface area contributed by atoms with Crippen molar-refractivity contribution in [3.63, 3.8) is 0 Å². The summed E-state index contributed by atoms with van der Waals surface area (Å²) in [6, 6.07) is -0.207. The van der Waals surface area contributed by atoms with Crippen LogP contribution in [0.25, 0.3) is 0 Å². The van der Waals surface area contributed by atoms with Crippen molar-refractivity contribution in [3.05, 3.63) is 0 Å². The Labute approximate surface area is 119 Å². The quantitative estimate of drug-likeness (QED) is 0.731. The van der Waals surface area contributed by atoms with Crippen LogP contribution in [-0.4, -0.2) is 41.8 Å². The maximum atomic E-state index is 11.8. The Bertz CT molecular complexity index is 343. The summed E-state index contributed by atoms with van der Waals surface area (Å²) in [7, 11) is 0. The molecule has 6 nitrogen and oxygen atoms in total. The van der Waals surface area contributed by atoms with Crippen LogP contribution in [0.1, 0.15) is 44.9 Å². The van der Waals surface area contributed by atoms with Crippen molar-refractivity contribution in [1.29, 1.82) is 0 Å². The normalized spacial score (nSPS) is 27.8. The Morgan fingerprint density at radius 1 is 1.05 bits per heavy atom. The fraction of sp³-hybridized carbons (Fsp3) is 0.857. The molecule has 6 heteroatoms. The van der Waals surface area contributed by atoms with Crippen molar-refractivity contribution in [2.75, 3.05) is 19.6 Å². The first kappa shape index (κ1) is 15.1. The molecule has 2 fully saturated rings. The van der Waals surface area contributed by atoms with Crippen LogP contribution in [0.2, 0.25) is 0 Å². The van der Waals surface area contributed by atoms with Gasteiger partial charge in [-0.25, -0.2) is 9.80 Å². The summed E-state index contributed by atoms with van der Waals surface area (Å²) in [6.07, 6.45) is 7.11. The van der Waals surface area contributed by atoms with Crippen molar-refractivity contribution in [2.45, 2.75) is 44.9 Å². The number of piperidine rings is 1. The van der Waals surface area contributed by atoms with Crippen LogP contribution in [0.3, 0.4) is 0 Å². The minimum Gasteiger partial charge on any atom is -0.481 e. The van der Waals surface area contributed by atoms with Crippen molar-refractivity contribution >= 4 is 12.0 Å². The van der Waals surface area contributed by atoms with Gasteiger partial charge in [0.2, 0.25) is 0 Å². The van der Waals surface area contributed by atoms with Gasteiger partial charge in [-0.2, -0.15) is 0 Å². The smallest absolute Gasteiger partial charge is 0.329 e. The molecule has 114 valence electrons. The van der Waals surface area contributed by atoms with Crippen molar-refractivity contribution in [3.8, 4) is 0 Å². The lowest BCUT2D eigenvalue weighted by Gasteiger charge is -2.30. The zero-order chi connectivity index (χ0) is 14.4. The molecule has 1 aliphatic heterocycles. The SMILES string of the molecule is O=C(NCC1CCCCC1C(=O)O)NN1CCCCC1. The second kappa shape index (κ2) is 7.47. The number of carbonyl (C=O) groups excluding carboxylic acids is 1. The molecule has 2 rings (SSSR count). The fourth-order valence-electron chi connectivity index (χ4n) is 3.19. The number of carbonyl (C=O) groups is 2. The van der Waals surface area contributed by atoms with Gasteiger partial charge in [-0.15, -0.1) is 0 Å². The van der Waals surface area contributed by atoms with E-state index in [9.17, 15) is 14.7 Å². The van der Waals surface area contributed by atoms with Crippen LogP contribution in [0.4, 0.5) is 4.79 Å². The van der Waals surface area contributed by atoms with E-state index >= 15 is 0 Å². The number of amides is 2. The van der Waals surface area contributed by atoms with Gasteiger partial charge in [0.1, 0.15) is 0 Å². The summed E-state index contributed by atoms with van der Waals surface area (Å²) in [6.45, 7) is 2.25. The van der Waals surface area contributed by atoms with E-state index in [1.54, 1.807) is 0 Å². The zero-order valence-corrected chi connectivity index (χ0v) is 11.9. The number of aliphatic carboxylic acids is 1. The van der Waals surface area contributed by atoms with Crippen molar-refractivity contribution in [1.82, 2.24) is 15.8 Å². The molecule has 2 aliphatic rings. The number of carboxylic acid groups (broad SMARTS) is 1. The van der Waals surface area contributed by atoms with Crippen molar-refractivity contribution < 1.29 is 14.7 Å². The van der Waals surface area contributed by atoms with Crippen molar-refractivity contribution in [2.24, 2.45) is 11.8 Å². The number of urea groups is 1. The standard InChI is InChI=1S/C14H25N3O3/c18-13(19)12-7-3-2-6-11(12)10-15-14(20)16-17-8-4-1-5-9-17/h11-12H,1-10H2,(H,18,19)(H2,15,16,20). The van der Waals surface area contributed by atoms with Gasteiger partial charge in [0.15, 0.2) is 0 Å². The van der Waals surface area contributed by atoms with E-state index in [2.05, 4.69) is 10.7 Å². The largest absolute Gasteiger partial charge is 0.481 e. The lowest BCUT2D eigenvalue weighted by molar-refractivity contribution is -0.144. The van der Waals surface area contributed by atoms with E-state index in [4.69, 9.17) is 0 Å². The lowest BCUT2D eigenvalue weighted by Crippen LogP contribution is -2.50. The van der Waals surface area contributed by atoms with Crippen LogP contribution < -0.4 is 10.7 Å². The first-order valence-corrected chi connectivity index (χ1v) is 7.69. The Morgan fingerprint density at radius 2 is 1.75 bits per heavy atom. The highest BCUT2D eigenvalue weighted by molar-refractivity contribution is 5.74. The summed E-state index contributed by atoms with van der Waals surface area (Å²) in [5, 5.41) is 14.0. The van der Waals surface area contributed by atoms with E-state index < -0.39 is 5.97 Å². The third kappa shape index (κ3) is 4.37. The third-order valence-corrected chi connectivity index (χ3v) is 4.37. The third-order valence-electron chi connectivity index (χ3n) is 4.37. The number of rotatable bonds is 4.